The molecule has 0 aliphatic carbocycles. The van der Waals surface area contributed by atoms with E-state index < -0.39 is 0 Å². The molecular weight excluding hydrogens is 310 g/mol. The fraction of sp³-hybridized carbons (Fsp3) is 0.308. The number of nitrogens with zero attached hydrogens (tertiary/aromatic N) is 2. The molecule has 0 amide bonds. The summed E-state index contributed by atoms with van der Waals surface area (Å²) >= 11 is 5.41. The van der Waals surface area contributed by atoms with Crippen molar-refractivity contribution in [3.63, 3.8) is 0 Å². The zero-order valence-electron chi connectivity index (χ0n) is 10.1. The van der Waals surface area contributed by atoms with Crippen LogP contribution in [0.4, 0.5) is 11.4 Å². The molecule has 94 valence electrons. The van der Waals surface area contributed by atoms with Gasteiger partial charge in [-0.3, -0.25) is 4.98 Å². The highest BCUT2D eigenvalue weighted by Gasteiger charge is 2.27. The number of hydrogen-bond donors (Lipinski definition) is 1. The van der Waals surface area contributed by atoms with Crippen molar-refractivity contribution in [3.8, 4) is 0 Å². The smallest absolute Gasteiger partial charge is 0.0781 e. The number of hydrogen-bond acceptors (Lipinski definition) is 4. The van der Waals surface area contributed by atoms with Gasteiger partial charge >= 0.3 is 0 Å². The second-order valence-corrected chi connectivity index (χ2v) is 6.33. The van der Waals surface area contributed by atoms with Gasteiger partial charge in [-0.2, -0.15) is 0 Å². The van der Waals surface area contributed by atoms with Crippen LogP contribution in [-0.2, 0) is 6.42 Å². The number of rotatable bonds is 1. The van der Waals surface area contributed by atoms with Crippen LogP contribution < -0.4 is 10.6 Å². The third-order valence-electron chi connectivity index (χ3n) is 3.47. The van der Waals surface area contributed by atoms with Gasteiger partial charge in [-0.15, -0.1) is 11.3 Å². The number of anilines is 2. The van der Waals surface area contributed by atoms with Crippen LogP contribution in [0.25, 0.3) is 0 Å². The second-order valence-electron chi connectivity index (χ2n) is 4.48. The van der Waals surface area contributed by atoms with Crippen molar-refractivity contribution in [2.45, 2.75) is 19.4 Å². The summed E-state index contributed by atoms with van der Waals surface area (Å²) < 4.78 is 0.966. The van der Waals surface area contributed by atoms with Gasteiger partial charge in [0.15, 0.2) is 0 Å². The maximum absolute atomic E-state index is 6.08. The molecule has 3 heterocycles. The van der Waals surface area contributed by atoms with Crippen molar-refractivity contribution in [1.82, 2.24) is 4.98 Å². The Bertz CT molecular complexity index is 561. The Morgan fingerprint density at radius 1 is 1.50 bits per heavy atom. The lowest BCUT2D eigenvalue weighted by molar-refractivity contribution is 0.632. The van der Waals surface area contributed by atoms with Crippen molar-refractivity contribution < 1.29 is 0 Å². The maximum Gasteiger partial charge on any atom is 0.0781 e. The number of aromatic nitrogens is 1. The molecule has 18 heavy (non-hydrogen) atoms. The van der Waals surface area contributed by atoms with Crippen molar-refractivity contribution in [1.29, 1.82) is 0 Å². The highest BCUT2D eigenvalue weighted by Crippen LogP contribution is 2.41. The van der Waals surface area contributed by atoms with E-state index in [1.54, 1.807) is 6.20 Å². The topological polar surface area (TPSA) is 42.1 Å². The van der Waals surface area contributed by atoms with E-state index in [1.807, 2.05) is 17.5 Å². The van der Waals surface area contributed by atoms with Crippen LogP contribution in [-0.4, -0.2) is 11.5 Å². The van der Waals surface area contributed by atoms with E-state index in [-0.39, 0.29) is 0 Å². The Kier molecular flexibility index (Phi) is 3.03. The lowest BCUT2D eigenvalue weighted by Gasteiger charge is -2.36. The lowest BCUT2D eigenvalue weighted by atomic mass is 10.0. The molecule has 0 fully saturated rings. The SMILES string of the molecule is CC1c2ccsc2CCN1c1c(N)cncc1Br. The van der Waals surface area contributed by atoms with Crippen molar-refractivity contribution in [2.24, 2.45) is 0 Å². The second kappa shape index (κ2) is 4.55. The standard InChI is InChI=1S/C13H14BrN3S/c1-8-9-3-5-18-12(9)2-4-17(8)13-10(14)6-16-7-11(13)15/h3,5-8H,2,4,15H2,1H3. The summed E-state index contributed by atoms with van der Waals surface area (Å²) in [5, 5.41) is 2.18. The fourth-order valence-corrected chi connectivity index (χ4v) is 4.10. The van der Waals surface area contributed by atoms with Gasteiger partial charge < -0.3 is 10.6 Å². The molecule has 0 saturated carbocycles. The number of nitrogen functional groups attached to an aromatic ring is 1. The molecule has 1 atom stereocenters. The van der Waals surface area contributed by atoms with Crippen LogP contribution in [0.2, 0.25) is 0 Å². The van der Waals surface area contributed by atoms with Crippen LogP contribution in [0, 0.1) is 0 Å². The van der Waals surface area contributed by atoms with E-state index in [1.165, 1.54) is 10.4 Å². The first-order chi connectivity index (χ1) is 8.68. The predicted octanol–water partition coefficient (Wildman–Crippen LogP) is 3.61. The Morgan fingerprint density at radius 3 is 3.11 bits per heavy atom. The first-order valence-corrected chi connectivity index (χ1v) is 7.57. The average molecular weight is 324 g/mol. The minimum atomic E-state index is 0.362. The van der Waals surface area contributed by atoms with Gasteiger partial charge in [-0.05, 0) is 46.3 Å². The largest absolute Gasteiger partial charge is 0.396 e. The van der Waals surface area contributed by atoms with E-state index in [9.17, 15) is 0 Å². The first kappa shape index (κ1) is 12.0. The summed E-state index contributed by atoms with van der Waals surface area (Å²) in [6, 6.07) is 2.59. The van der Waals surface area contributed by atoms with Crippen LogP contribution in [0.5, 0.6) is 0 Å². The van der Waals surface area contributed by atoms with Crippen LogP contribution in [0.3, 0.4) is 0 Å². The molecule has 3 rings (SSSR count). The molecular formula is C13H14BrN3S. The highest BCUT2D eigenvalue weighted by atomic mass is 79.9. The molecule has 5 heteroatoms. The van der Waals surface area contributed by atoms with E-state index in [4.69, 9.17) is 5.73 Å². The van der Waals surface area contributed by atoms with Gasteiger partial charge in [0.05, 0.1) is 28.1 Å². The molecule has 0 saturated heterocycles. The molecule has 1 aliphatic heterocycles. The molecule has 3 nitrogen and oxygen atoms in total. The number of halogens is 1. The van der Waals surface area contributed by atoms with Crippen LogP contribution in [0.1, 0.15) is 23.4 Å². The van der Waals surface area contributed by atoms with Crippen molar-refractivity contribution >= 4 is 38.6 Å². The molecule has 0 aromatic carbocycles. The van der Waals surface area contributed by atoms with E-state index in [2.05, 4.69) is 44.2 Å². The Morgan fingerprint density at radius 2 is 2.33 bits per heavy atom. The van der Waals surface area contributed by atoms with E-state index >= 15 is 0 Å². The lowest BCUT2D eigenvalue weighted by Crippen LogP contribution is -2.33. The third-order valence-corrected chi connectivity index (χ3v) is 5.04. The Labute approximate surface area is 119 Å². The Balaban J connectivity index is 2.04. The minimum absolute atomic E-state index is 0.362. The maximum atomic E-state index is 6.08. The summed E-state index contributed by atoms with van der Waals surface area (Å²) in [6.07, 6.45) is 4.61. The van der Waals surface area contributed by atoms with E-state index in [0.717, 1.165) is 28.8 Å². The first-order valence-electron chi connectivity index (χ1n) is 5.90. The normalized spacial score (nSPS) is 18.8. The van der Waals surface area contributed by atoms with E-state index in [0.29, 0.717) is 6.04 Å². The van der Waals surface area contributed by atoms with Gasteiger partial charge in [0.1, 0.15) is 0 Å². The number of thiophene rings is 1. The summed E-state index contributed by atoms with van der Waals surface area (Å²) in [4.78, 5) is 7.96. The number of nitrogens with two attached hydrogens (primary N) is 1. The molecule has 0 radical (unpaired) electrons. The van der Waals surface area contributed by atoms with Gasteiger partial charge in [0, 0.05) is 17.6 Å². The molecule has 2 aromatic rings. The van der Waals surface area contributed by atoms with Crippen LogP contribution in [0.15, 0.2) is 28.3 Å². The van der Waals surface area contributed by atoms with Crippen LogP contribution >= 0.6 is 27.3 Å². The monoisotopic (exact) mass is 323 g/mol. The quantitative estimate of drug-likeness (QED) is 0.871. The summed E-state index contributed by atoms with van der Waals surface area (Å²) in [7, 11) is 0. The zero-order chi connectivity index (χ0) is 12.7. The predicted molar refractivity (Wildman–Crippen MR) is 80.1 cm³/mol. The molecule has 1 unspecified atom stereocenters. The molecule has 1 aliphatic rings. The summed E-state index contributed by atoms with van der Waals surface area (Å²) in [6.45, 7) is 3.23. The summed E-state index contributed by atoms with van der Waals surface area (Å²) in [5.74, 6) is 0. The molecule has 0 bridgehead atoms. The highest BCUT2D eigenvalue weighted by molar-refractivity contribution is 9.10. The summed E-state index contributed by atoms with van der Waals surface area (Å²) in [5.41, 5.74) is 9.30. The Hall–Kier alpha value is -1.07. The zero-order valence-corrected chi connectivity index (χ0v) is 12.5. The third kappa shape index (κ3) is 1.82. The van der Waals surface area contributed by atoms with Gasteiger partial charge in [0.2, 0.25) is 0 Å². The van der Waals surface area contributed by atoms with Gasteiger partial charge in [0.25, 0.3) is 0 Å². The average Bonchev–Trinajstić information content (AvgIpc) is 2.80. The molecule has 0 spiro atoms. The molecule has 2 N–H and O–H groups in total. The number of pyridine rings is 1. The minimum Gasteiger partial charge on any atom is -0.396 e. The number of fused-ring (bicyclic) bond motifs is 1. The molecule has 2 aromatic heterocycles. The van der Waals surface area contributed by atoms with Gasteiger partial charge in [-0.25, -0.2) is 0 Å². The fourth-order valence-electron chi connectivity index (χ4n) is 2.56. The van der Waals surface area contributed by atoms with Gasteiger partial charge in [-0.1, -0.05) is 0 Å². The van der Waals surface area contributed by atoms with Crippen molar-refractivity contribution in [2.75, 3.05) is 17.2 Å². The van der Waals surface area contributed by atoms with Crippen molar-refractivity contribution in [3.05, 3.63) is 38.8 Å².